The third-order valence-corrected chi connectivity index (χ3v) is 2.17. The molecule has 4 heteroatoms. The molecule has 2 aromatic rings. The molecule has 0 bridgehead atoms. The lowest BCUT2D eigenvalue weighted by atomic mass is 10.2. The van der Waals surface area contributed by atoms with Crippen molar-refractivity contribution >= 4 is 18.6 Å². The van der Waals surface area contributed by atoms with E-state index in [-0.39, 0.29) is 0 Å². The maximum Gasteiger partial charge on any atom is 0.157 e. The van der Waals surface area contributed by atoms with Crippen molar-refractivity contribution < 1.29 is 0 Å². The number of nitrogens with zero attached hydrogens (tertiary/aromatic N) is 2. The number of hydrogen-bond donors (Lipinski definition) is 2. The van der Waals surface area contributed by atoms with E-state index < -0.39 is 0 Å². The first kappa shape index (κ1) is 9.15. The average Bonchev–Trinajstić information content (AvgIpc) is 2.67. The van der Waals surface area contributed by atoms with E-state index in [4.69, 9.17) is 0 Å². The van der Waals surface area contributed by atoms with Crippen LogP contribution in [0.1, 0.15) is 5.56 Å². The highest BCUT2D eigenvalue weighted by Gasteiger charge is 1.97. The summed E-state index contributed by atoms with van der Waals surface area (Å²) < 4.78 is 4.56. The smallest absolute Gasteiger partial charge is 0.157 e. The summed E-state index contributed by atoms with van der Waals surface area (Å²) in [6.07, 6.45) is 1.92. The Morgan fingerprint density at radius 1 is 1.21 bits per heavy atom. The lowest BCUT2D eigenvalue weighted by molar-refractivity contribution is 0.690. The van der Waals surface area contributed by atoms with Crippen molar-refractivity contribution in [2.24, 2.45) is 0 Å². The molecule has 0 unspecified atom stereocenters. The molecule has 0 aliphatic heterocycles. The first-order chi connectivity index (χ1) is 6.88. The van der Waals surface area contributed by atoms with Gasteiger partial charge in [0.05, 0.1) is 6.54 Å². The zero-order valence-electron chi connectivity index (χ0n) is 7.59. The Bertz CT molecular complexity index is 397. The molecule has 1 aromatic heterocycles. The maximum absolute atomic E-state index is 4.25. The number of nitrogens with one attached hydrogen (secondary N) is 1. The van der Waals surface area contributed by atoms with E-state index >= 15 is 0 Å². The zero-order chi connectivity index (χ0) is 9.80. The predicted molar refractivity (Wildman–Crippen MR) is 60.4 cm³/mol. The van der Waals surface area contributed by atoms with E-state index in [9.17, 15) is 0 Å². The third-order valence-electron chi connectivity index (χ3n) is 1.94. The van der Waals surface area contributed by atoms with Crippen LogP contribution in [-0.2, 0) is 6.54 Å². The molecule has 1 aromatic carbocycles. The fourth-order valence-corrected chi connectivity index (χ4v) is 1.40. The molecule has 0 spiro atoms. The van der Waals surface area contributed by atoms with Crippen molar-refractivity contribution in [1.82, 2.24) is 9.78 Å². The molecule has 0 saturated heterocycles. The van der Waals surface area contributed by atoms with E-state index in [0.717, 1.165) is 12.4 Å². The fourth-order valence-electron chi connectivity index (χ4n) is 1.28. The van der Waals surface area contributed by atoms with Crippen LogP contribution in [0.25, 0.3) is 0 Å². The Balaban J connectivity index is 2.11. The molecule has 72 valence electrons. The van der Waals surface area contributed by atoms with Gasteiger partial charge in [-0.25, -0.2) is 0 Å². The number of aromatic nitrogens is 2. The fraction of sp³-hybridized carbons (Fsp3) is 0.100. The molecule has 0 atom stereocenters. The van der Waals surface area contributed by atoms with E-state index in [2.05, 4.69) is 34.8 Å². The van der Waals surface area contributed by atoms with Gasteiger partial charge in [-0.2, -0.15) is 5.10 Å². The molecule has 0 radical (unpaired) electrons. The summed E-state index contributed by atoms with van der Waals surface area (Å²) in [5, 5.41) is 4.25. The SMILES string of the molecule is SNc1ccn(Cc2ccccc2)n1. The molecule has 0 saturated carbocycles. The lowest BCUT2D eigenvalue weighted by Gasteiger charge is -2.00. The normalized spacial score (nSPS) is 10.1. The topological polar surface area (TPSA) is 29.9 Å². The third kappa shape index (κ3) is 2.09. The first-order valence-electron chi connectivity index (χ1n) is 4.36. The summed E-state index contributed by atoms with van der Waals surface area (Å²) in [6.45, 7) is 0.788. The second-order valence-corrected chi connectivity index (χ2v) is 3.22. The van der Waals surface area contributed by atoms with Gasteiger partial charge in [-0.15, -0.1) is 0 Å². The first-order valence-corrected chi connectivity index (χ1v) is 4.81. The predicted octanol–water partition coefficient (Wildman–Crippen LogP) is 2.19. The number of anilines is 1. The van der Waals surface area contributed by atoms with Crippen LogP contribution in [0, 0.1) is 0 Å². The largest absolute Gasteiger partial charge is 0.316 e. The second kappa shape index (κ2) is 4.19. The average molecular weight is 205 g/mol. The summed E-state index contributed by atoms with van der Waals surface area (Å²) in [5.74, 6) is 0.768. The standard InChI is InChI=1S/C10H11N3S/c14-12-10-6-7-13(11-10)8-9-4-2-1-3-5-9/h1-7,14H,8H2,(H,11,12). The van der Waals surface area contributed by atoms with E-state index in [1.54, 1.807) is 0 Å². The summed E-state index contributed by atoms with van der Waals surface area (Å²) in [7, 11) is 0. The van der Waals surface area contributed by atoms with Crippen molar-refractivity contribution in [1.29, 1.82) is 0 Å². The van der Waals surface area contributed by atoms with Gasteiger partial charge in [-0.05, 0) is 5.56 Å². The Labute approximate surface area is 88.3 Å². The Morgan fingerprint density at radius 3 is 2.64 bits per heavy atom. The van der Waals surface area contributed by atoms with Crippen molar-refractivity contribution in [2.45, 2.75) is 6.54 Å². The highest BCUT2D eigenvalue weighted by molar-refractivity contribution is 7.81. The molecule has 0 fully saturated rings. The van der Waals surface area contributed by atoms with Gasteiger partial charge < -0.3 is 4.72 Å². The van der Waals surface area contributed by atoms with Crippen molar-refractivity contribution in [2.75, 3.05) is 4.72 Å². The minimum atomic E-state index is 0.768. The van der Waals surface area contributed by atoms with Gasteiger partial charge >= 0.3 is 0 Å². The Hall–Kier alpha value is -1.42. The maximum atomic E-state index is 4.25. The number of hydrogen-bond acceptors (Lipinski definition) is 3. The van der Waals surface area contributed by atoms with Crippen molar-refractivity contribution in [3.63, 3.8) is 0 Å². The lowest BCUT2D eigenvalue weighted by Crippen LogP contribution is -2.00. The molecular formula is C10H11N3S. The van der Waals surface area contributed by atoms with Gasteiger partial charge in [-0.1, -0.05) is 43.1 Å². The molecule has 0 amide bonds. The summed E-state index contributed by atoms with van der Waals surface area (Å²) in [5.41, 5.74) is 1.24. The molecule has 3 nitrogen and oxygen atoms in total. The Kier molecular flexibility index (Phi) is 2.74. The molecule has 0 aliphatic rings. The van der Waals surface area contributed by atoms with Crippen LogP contribution in [0.4, 0.5) is 5.82 Å². The van der Waals surface area contributed by atoms with Crippen LogP contribution in [0.15, 0.2) is 42.6 Å². The van der Waals surface area contributed by atoms with E-state index in [0.29, 0.717) is 0 Å². The summed E-state index contributed by atoms with van der Waals surface area (Å²) >= 11 is 3.92. The van der Waals surface area contributed by atoms with Crippen molar-refractivity contribution in [3.05, 3.63) is 48.2 Å². The molecule has 1 N–H and O–H groups in total. The number of thiol groups is 1. The highest BCUT2D eigenvalue weighted by Crippen LogP contribution is 2.06. The molecular weight excluding hydrogens is 194 g/mol. The molecule has 2 rings (SSSR count). The second-order valence-electron chi connectivity index (χ2n) is 3.00. The molecule has 1 heterocycles. The van der Waals surface area contributed by atoms with Crippen LogP contribution >= 0.6 is 12.8 Å². The van der Waals surface area contributed by atoms with Crippen LogP contribution in [0.3, 0.4) is 0 Å². The summed E-state index contributed by atoms with van der Waals surface area (Å²) in [4.78, 5) is 0. The van der Waals surface area contributed by atoms with Crippen LogP contribution in [0.2, 0.25) is 0 Å². The van der Waals surface area contributed by atoms with Gasteiger partial charge in [-0.3, -0.25) is 4.68 Å². The van der Waals surface area contributed by atoms with Gasteiger partial charge in [0.25, 0.3) is 0 Å². The number of rotatable bonds is 3. The summed E-state index contributed by atoms with van der Waals surface area (Å²) in [6, 6.07) is 12.1. The van der Waals surface area contributed by atoms with Gasteiger partial charge in [0, 0.05) is 12.3 Å². The minimum Gasteiger partial charge on any atom is -0.316 e. The van der Waals surface area contributed by atoms with Crippen LogP contribution in [0.5, 0.6) is 0 Å². The Morgan fingerprint density at radius 2 is 2.00 bits per heavy atom. The van der Waals surface area contributed by atoms with Gasteiger partial charge in [0.2, 0.25) is 0 Å². The quantitative estimate of drug-likeness (QED) is 0.752. The van der Waals surface area contributed by atoms with Crippen LogP contribution < -0.4 is 4.72 Å². The van der Waals surface area contributed by atoms with Gasteiger partial charge in [0.1, 0.15) is 0 Å². The monoisotopic (exact) mass is 205 g/mol. The zero-order valence-corrected chi connectivity index (χ0v) is 8.48. The molecule has 0 aliphatic carbocycles. The van der Waals surface area contributed by atoms with Crippen LogP contribution in [-0.4, -0.2) is 9.78 Å². The van der Waals surface area contributed by atoms with E-state index in [1.165, 1.54) is 5.56 Å². The molecule has 14 heavy (non-hydrogen) atoms. The number of benzene rings is 1. The van der Waals surface area contributed by atoms with E-state index in [1.807, 2.05) is 35.1 Å². The van der Waals surface area contributed by atoms with Gasteiger partial charge in [0.15, 0.2) is 5.82 Å². The highest BCUT2D eigenvalue weighted by atomic mass is 32.1. The van der Waals surface area contributed by atoms with Crippen molar-refractivity contribution in [3.8, 4) is 0 Å². The minimum absolute atomic E-state index is 0.768.